The Kier molecular flexibility index (Phi) is 3.97. The maximum atomic E-state index is 12.9. The predicted molar refractivity (Wildman–Crippen MR) is 108 cm³/mol. The third-order valence-electron chi connectivity index (χ3n) is 5.41. The summed E-state index contributed by atoms with van der Waals surface area (Å²) in [4.78, 5) is 14.8. The first-order chi connectivity index (χ1) is 13.7. The van der Waals surface area contributed by atoms with Gasteiger partial charge in [-0.2, -0.15) is 10.2 Å². The fraction of sp³-hybridized carbons (Fsp3) is 0.227. The van der Waals surface area contributed by atoms with Crippen molar-refractivity contribution in [2.24, 2.45) is 0 Å². The Morgan fingerprint density at radius 1 is 1.14 bits per heavy atom. The second-order valence-electron chi connectivity index (χ2n) is 7.42. The Balaban J connectivity index is 1.34. The molecule has 0 radical (unpaired) electrons. The number of rotatable bonds is 3. The number of fused-ring (bicyclic) bond motifs is 1. The maximum absolute atomic E-state index is 12.9. The van der Waals surface area contributed by atoms with E-state index >= 15 is 0 Å². The van der Waals surface area contributed by atoms with Gasteiger partial charge in [-0.15, -0.1) is 0 Å². The number of aromatic nitrogens is 4. The van der Waals surface area contributed by atoms with Gasteiger partial charge in [-0.25, -0.2) is 0 Å². The summed E-state index contributed by atoms with van der Waals surface area (Å²) in [6.07, 6.45) is 4.81. The average molecular weight is 371 g/mol. The summed E-state index contributed by atoms with van der Waals surface area (Å²) in [6.45, 7) is 3.43. The van der Waals surface area contributed by atoms with Gasteiger partial charge in [0.2, 0.25) is 0 Å². The summed E-state index contributed by atoms with van der Waals surface area (Å²) in [5, 5.41) is 14.0. The Hall–Kier alpha value is -3.41. The number of benzene rings is 2. The Labute approximate surface area is 162 Å². The topological polar surface area (TPSA) is 66.8 Å². The summed E-state index contributed by atoms with van der Waals surface area (Å²) in [6, 6.07) is 16.5. The zero-order chi connectivity index (χ0) is 19.1. The molecule has 1 N–H and O–H groups in total. The summed E-state index contributed by atoms with van der Waals surface area (Å²) in [7, 11) is 0. The average Bonchev–Trinajstić information content (AvgIpc) is 3.47. The molecule has 0 spiro atoms. The molecule has 1 aliphatic heterocycles. The SMILES string of the molecule is Cc1cnn(C2CCN(C(=O)c3cc(-c4ccc5ccccc5c4)n[nH]3)C2)c1. The van der Waals surface area contributed by atoms with Gasteiger partial charge < -0.3 is 4.90 Å². The second-order valence-corrected chi connectivity index (χ2v) is 7.42. The standard InChI is InChI=1S/C22H21N5O/c1-15-12-23-27(13-15)19-8-9-26(14-19)22(28)21-11-20(24-25-21)18-7-6-16-4-2-3-5-17(16)10-18/h2-7,10-13,19H,8-9,14H2,1H3,(H,24,25). The number of aromatic amines is 1. The largest absolute Gasteiger partial charge is 0.335 e. The Morgan fingerprint density at radius 2 is 2.00 bits per heavy atom. The van der Waals surface area contributed by atoms with Crippen molar-refractivity contribution in [3.05, 3.63) is 72.2 Å². The fourth-order valence-electron chi connectivity index (χ4n) is 3.87. The third kappa shape index (κ3) is 2.97. The van der Waals surface area contributed by atoms with Gasteiger partial charge in [0.15, 0.2) is 0 Å². The summed E-state index contributed by atoms with van der Waals surface area (Å²) in [5.41, 5.74) is 3.45. The Bertz CT molecular complexity index is 1160. The van der Waals surface area contributed by atoms with E-state index in [4.69, 9.17) is 0 Å². The van der Waals surface area contributed by atoms with Crippen LogP contribution in [0.5, 0.6) is 0 Å². The highest BCUT2D eigenvalue weighted by atomic mass is 16.2. The van der Waals surface area contributed by atoms with Crippen molar-refractivity contribution in [3.63, 3.8) is 0 Å². The van der Waals surface area contributed by atoms with Gasteiger partial charge >= 0.3 is 0 Å². The molecule has 1 unspecified atom stereocenters. The zero-order valence-electron chi connectivity index (χ0n) is 15.7. The number of carbonyl (C=O) groups excluding carboxylic acids is 1. The lowest BCUT2D eigenvalue weighted by Gasteiger charge is -2.15. The molecule has 0 aliphatic carbocycles. The van der Waals surface area contributed by atoms with E-state index in [2.05, 4.69) is 39.6 Å². The molecule has 0 saturated carbocycles. The van der Waals surface area contributed by atoms with Crippen LogP contribution in [0.25, 0.3) is 22.0 Å². The highest BCUT2D eigenvalue weighted by molar-refractivity contribution is 5.94. The number of nitrogens with zero attached hydrogens (tertiary/aromatic N) is 4. The summed E-state index contributed by atoms with van der Waals surface area (Å²) >= 11 is 0. The van der Waals surface area contributed by atoms with E-state index in [-0.39, 0.29) is 11.9 Å². The highest BCUT2D eigenvalue weighted by Gasteiger charge is 2.29. The first-order valence-electron chi connectivity index (χ1n) is 9.52. The molecule has 0 bridgehead atoms. The van der Waals surface area contributed by atoms with E-state index in [9.17, 15) is 4.79 Å². The second kappa shape index (κ2) is 6.64. The van der Waals surface area contributed by atoms with Crippen LogP contribution in [-0.4, -0.2) is 43.9 Å². The third-order valence-corrected chi connectivity index (χ3v) is 5.41. The molecule has 5 rings (SSSR count). The molecule has 6 heteroatoms. The smallest absolute Gasteiger partial charge is 0.271 e. The first kappa shape index (κ1) is 16.7. The molecule has 140 valence electrons. The Morgan fingerprint density at radius 3 is 2.82 bits per heavy atom. The van der Waals surface area contributed by atoms with Crippen molar-refractivity contribution in [3.8, 4) is 11.3 Å². The van der Waals surface area contributed by atoms with Crippen molar-refractivity contribution < 1.29 is 4.79 Å². The van der Waals surface area contributed by atoms with E-state index in [0.717, 1.165) is 35.2 Å². The highest BCUT2D eigenvalue weighted by Crippen LogP contribution is 2.26. The van der Waals surface area contributed by atoms with Crippen LogP contribution < -0.4 is 0 Å². The summed E-state index contributed by atoms with van der Waals surface area (Å²) in [5.74, 6) is -0.00841. The minimum atomic E-state index is -0.00841. The molecule has 28 heavy (non-hydrogen) atoms. The quantitative estimate of drug-likeness (QED) is 0.595. The van der Waals surface area contributed by atoms with Gasteiger partial charge in [0, 0.05) is 24.8 Å². The first-order valence-corrected chi connectivity index (χ1v) is 9.52. The van der Waals surface area contributed by atoms with Gasteiger partial charge in [0.25, 0.3) is 5.91 Å². The number of hydrogen-bond donors (Lipinski definition) is 1. The lowest BCUT2D eigenvalue weighted by molar-refractivity contribution is 0.0781. The van der Waals surface area contributed by atoms with E-state index in [0.29, 0.717) is 12.2 Å². The van der Waals surface area contributed by atoms with Crippen molar-refractivity contribution in [2.75, 3.05) is 13.1 Å². The van der Waals surface area contributed by atoms with Crippen molar-refractivity contribution >= 4 is 16.7 Å². The van der Waals surface area contributed by atoms with Gasteiger partial charge in [-0.3, -0.25) is 14.6 Å². The number of amides is 1. The van der Waals surface area contributed by atoms with Crippen LogP contribution in [-0.2, 0) is 0 Å². The van der Waals surface area contributed by atoms with E-state index in [1.807, 2.05) is 53.2 Å². The molecule has 1 aliphatic rings. The number of aryl methyl sites for hydroxylation is 1. The van der Waals surface area contributed by atoms with Gasteiger partial charge in [-0.05, 0) is 41.8 Å². The number of carbonyl (C=O) groups is 1. The molecule has 4 aromatic rings. The van der Waals surface area contributed by atoms with E-state index in [1.54, 1.807) is 0 Å². The van der Waals surface area contributed by atoms with Crippen molar-refractivity contribution in [1.82, 2.24) is 24.9 Å². The van der Waals surface area contributed by atoms with Crippen LogP contribution in [0.4, 0.5) is 0 Å². The lowest BCUT2D eigenvalue weighted by Crippen LogP contribution is -2.29. The molecule has 1 amide bonds. The van der Waals surface area contributed by atoms with Crippen LogP contribution in [0.15, 0.2) is 60.9 Å². The van der Waals surface area contributed by atoms with Gasteiger partial charge in [0.1, 0.15) is 5.69 Å². The molecule has 6 nitrogen and oxygen atoms in total. The normalized spacial score (nSPS) is 16.8. The fourth-order valence-corrected chi connectivity index (χ4v) is 3.87. The molecule has 1 fully saturated rings. The van der Waals surface area contributed by atoms with Crippen molar-refractivity contribution in [2.45, 2.75) is 19.4 Å². The van der Waals surface area contributed by atoms with Crippen LogP contribution in [0, 0.1) is 6.92 Å². The zero-order valence-corrected chi connectivity index (χ0v) is 15.7. The molecule has 2 aromatic carbocycles. The minimum Gasteiger partial charge on any atom is -0.335 e. The van der Waals surface area contributed by atoms with Crippen LogP contribution in [0.3, 0.4) is 0 Å². The number of nitrogens with one attached hydrogen (secondary N) is 1. The van der Waals surface area contributed by atoms with Gasteiger partial charge in [-0.1, -0.05) is 36.4 Å². The molecule has 1 atom stereocenters. The number of H-pyrrole nitrogens is 1. The van der Waals surface area contributed by atoms with Crippen molar-refractivity contribution in [1.29, 1.82) is 0 Å². The minimum absolute atomic E-state index is 0.00841. The van der Waals surface area contributed by atoms with Crippen LogP contribution >= 0.6 is 0 Å². The van der Waals surface area contributed by atoms with E-state index in [1.165, 1.54) is 5.39 Å². The van der Waals surface area contributed by atoms with Crippen LogP contribution in [0.1, 0.15) is 28.5 Å². The molecule has 1 saturated heterocycles. The molecule has 2 aromatic heterocycles. The van der Waals surface area contributed by atoms with Crippen LogP contribution in [0.2, 0.25) is 0 Å². The van der Waals surface area contributed by atoms with Gasteiger partial charge in [0.05, 0.1) is 17.9 Å². The number of hydrogen-bond acceptors (Lipinski definition) is 3. The molecular formula is C22H21N5O. The predicted octanol–water partition coefficient (Wildman–Crippen LogP) is 3.82. The number of likely N-dealkylation sites (tertiary alicyclic amines) is 1. The molecule has 3 heterocycles. The maximum Gasteiger partial charge on any atom is 0.271 e. The monoisotopic (exact) mass is 371 g/mol. The summed E-state index contributed by atoms with van der Waals surface area (Å²) < 4.78 is 1.97. The van der Waals surface area contributed by atoms with E-state index < -0.39 is 0 Å². The molecular weight excluding hydrogens is 350 g/mol. The lowest BCUT2D eigenvalue weighted by atomic mass is 10.1.